The zero-order valence-electron chi connectivity index (χ0n) is 12.2. The van der Waals surface area contributed by atoms with Crippen LogP contribution in [0.15, 0.2) is 18.2 Å². The van der Waals surface area contributed by atoms with Gasteiger partial charge in [-0.1, -0.05) is 29.3 Å². The molecular weight excluding hydrogens is 293 g/mol. The Hall–Kier alpha value is -1.03. The first-order chi connectivity index (χ1) is 9.40. The number of nitrogens with one attached hydrogen (secondary N) is 1. The molecule has 1 unspecified atom stereocenters. The number of rotatable bonds is 4. The molecule has 0 saturated heterocycles. The van der Waals surface area contributed by atoms with Gasteiger partial charge in [-0.05, 0) is 38.5 Å². The van der Waals surface area contributed by atoms with E-state index in [0.29, 0.717) is 10.0 Å². The molecule has 0 bridgehead atoms. The molecule has 0 amide bonds. The summed E-state index contributed by atoms with van der Waals surface area (Å²) in [6.45, 7) is 6.97. The fourth-order valence-corrected chi connectivity index (χ4v) is 2.86. The number of aromatic nitrogens is 2. The number of nitrogens with zero attached hydrogens (tertiary/aromatic N) is 2. The van der Waals surface area contributed by atoms with Crippen LogP contribution < -0.4 is 5.32 Å². The zero-order valence-corrected chi connectivity index (χ0v) is 13.7. The van der Waals surface area contributed by atoms with Gasteiger partial charge in [0.05, 0.1) is 5.69 Å². The van der Waals surface area contributed by atoms with Crippen molar-refractivity contribution < 1.29 is 0 Å². The van der Waals surface area contributed by atoms with Crippen molar-refractivity contribution in [1.29, 1.82) is 0 Å². The molecule has 108 valence electrons. The highest BCUT2D eigenvalue weighted by Crippen LogP contribution is 2.26. The highest BCUT2D eigenvalue weighted by Gasteiger charge is 2.13. The first-order valence-corrected chi connectivity index (χ1v) is 7.33. The summed E-state index contributed by atoms with van der Waals surface area (Å²) in [4.78, 5) is 0. The third-order valence-electron chi connectivity index (χ3n) is 3.67. The van der Waals surface area contributed by atoms with Crippen LogP contribution in [-0.4, -0.2) is 9.78 Å². The van der Waals surface area contributed by atoms with Gasteiger partial charge in [0.1, 0.15) is 0 Å². The predicted octanol–water partition coefficient (Wildman–Crippen LogP) is 4.19. The van der Waals surface area contributed by atoms with Crippen molar-refractivity contribution in [3.63, 3.8) is 0 Å². The maximum Gasteiger partial charge on any atom is 0.0641 e. The van der Waals surface area contributed by atoms with Crippen molar-refractivity contribution in [3.05, 3.63) is 50.8 Å². The largest absolute Gasteiger partial charge is 0.306 e. The van der Waals surface area contributed by atoms with Crippen molar-refractivity contribution in [1.82, 2.24) is 15.1 Å². The molecule has 20 heavy (non-hydrogen) atoms. The van der Waals surface area contributed by atoms with E-state index in [2.05, 4.69) is 24.3 Å². The van der Waals surface area contributed by atoms with E-state index in [4.69, 9.17) is 23.2 Å². The van der Waals surface area contributed by atoms with Gasteiger partial charge < -0.3 is 5.32 Å². The van der Waals surface area contributed by atoms with Crippen LogP contribution in [-0.2, 0) is 13.6 Å². The Balaban J connectivity index is 2.10. The van der Waals surface area contributed by atoms with Crippen LogP contribution in [0.2, 0.25) is 10.0 Å². The molecule has 1 atom stereocenters. The van der Waals surface area contributed by atoms with Crippen molar-refractivity contribution in [2.75, 3.05) is 0 Å². The van der Waals surface area contributed by atoms with Crippen LogP contribution in [0.5, 0.6) is 0 Å². The minimum Gasteiger partial charge on any atom is -0.306 e. The van der Waals surface area contributed by atoms with E-state index in [9.17, 15) is 0 Å². The van der Waals surface area contributed by atoms with Gasteiger partial charge in [-0.15, -0.1) is 0 Å². The van der Waals surface area contributed by atoms with Gasteiger partial charge in [-0.25, -0.2) is 0 Å². The average molecular weight is 312 g/mol. The van der Waals surface area contributed by atoms with E-state index in [1.165, 1.54) is 11.3 Å². The van der Waals surface area contributed by atoms with Crippen LogP contribution in [0.4, 0.5) is 0 Å². The maximum atomic E-state index is 6.23. The zero-order chi connectivity index (χ0) is 14.9. The monoisotopic (exact) mass is 311 g/mol. The fourth-order valence-electron chi connectivity index (χ4n) is 2.29. The Kier molecular flexibility index (Phi) is 4.74. The van der Waals surface area contributed by atoms with Gasteiger partial charge in [-0.3, -0.25) is 4.68 Å². The molecule has 0 saturated carbocycles. The highest BCUT2D eigenvalue weighted by molar-refractivity contribution is 6.35. The predicted molar refractivity (Wildman–Crippen MR) is 84.4 cm³/mol. The van der Waals surface area contributed by atoms with E-state index in [1.54, 1.807) is 6.07 Å². The van der Waals surface area contributed by atoms with E-state index >= 15 is 0 Å². The normalized spacial score (nSPS) is 12.7. The summed E-state index contributed by atoms with van der Waals surface area (Å²) >= 11 is 12.2. The standard InChI is InChI=1S/C15H19Cl2N3/c1-9(13-6-5-12(16)7-15(13)17)18-8-14-10(2)19-20(4)11(14)3/h5-7,9,18H,8H2,1-4H3. The highest BCUT2D eigenvalue weighted by atomic mass is 35.5. The summed E-state index contributed by atoms with van der Waals surface area (Å²) in [5.41, 5.74) is 4.54. The molecule has 3 nitrogen and oxygen atoms in total. The van der Waals surface area contributed by atoms with Gasteiger partial charge in [-0.2, -0.15) is 5.10 Å². The topological polar surface area (TPSA) is 29.9 Å². The molecule has 1 N–H and O–H groups in total. The number of benzene rings is 1. The summed E-state index contributed by atoms with van der Waals surface area (Å²) in [6, 6.07) is 5.75. The number of hydrogen-bond donors (Lipinski definition) is 1. The Labute approximate surface area is 129 Å². The van der Waals surface area contributed by atoms with Gasteiger partial charge in [0, 0.05) is 40.9 Å². The second-order valence-electron chi connectivity index (χ2n) is 5.04. The van der Waals surface area contributed by atoms with Crippen LogP contribution in [0.3, 0.4) is 0 Å². The Morgan fingerprint density at radius 2 is 2.00 bits per heavy atom. The molecule has 0 aliphatic carbocycles. The van der Waals surface area contributed by atoms with Gasteiger partial charge >= 0.3 is 0 Å². The summed E-state index contributed by atoms with van der Waals surface area (Å²) in [5.74, 6) is 0. The summed E-state index contributed by atoms with van der Waals surface area (Å²) in [5, 5.41) is 9.26. The summed E-state index contributed by atoms with van der Waals surface area (Å²) in [6.07, 6.45) is 0. The molecule has 2 rings (SSSR count). The molecule has 5 heteroatoms. The molecule has 2 aromatic rings. The first kappa shape index (κ1) is 15.4. The quantitative estimate of drug-likeness (QED) is 0.917. The minimum atomic E-state index is 0.152. The van der Waals surface area contributed by atoms with Crippen LogP contribution in [0, 0.1) is 13.8 Å². The lowest BCUT2D eigenvalue weighted by Gasteiger charge is -2.16. The molecule has 0 radical (unpaired) electrons. The number of halogens is 2. The molecule has 0 aliphatic rings. The van der Waals surface area contributed by atoms with Crippen molar-refractivity contribution >= 4 is 23.2 Å². The third-order valence-corrected chi connectivity index (χ3v) is 4.24. The van der Waals surface area contributed by atoms with Crippen molar-refractivity contribution in [2.24, 2.45) is 7.05 Å². The lowest BCUT2D eigenvalue weighted by atomic mass is 10.1. The van der Waals surface area contributed by atoms with E-state index in [-0.39, 0.29) is 6.04 Å². The molecule has 0 fully saturated rings. The molecular formula is C15H19Cl2N3. The van der Waals surface area contributed by atoms with Crippen LogP contribution in [0.1, 0.15) is 35.5 Å². The van der Waals surface area contributed by atoms with Gasteiger partial charge in [0.2, 0.25) is 0 Å². The molecule has 1 heterocycles. The van der Waals surface area contributed by atoms with Gasteiger partial charge in [0.25, 0.3) is 0 Å². The summed E-state index contributed by atoms with van der Waals surface area (Å²) < 4.78 is 1.91. The lowest BCUT2D eigenvalue weighted by Crippen LogP contribution is -2.19. The SMILES string of the molecule is Cc1nn(C)c(C)c1CNC(C)c1ccc(Cl)cc1Cl. The lowest BCUT2D eigenvalue weighted by molar-refractivity contribution is 0.571. The fraction of sp³-hybridized carbons (Fsp3) is 0.400. The Morgan fingerprint density at radius 1 is 1.30 bits per heavy atom. The third kappa shape index (κ3) is 3.17. The average Bonchev–Trinajstić information content (AvgIpc) is 2.61. The molecule has 1 aromatic carbocycles. The Morgan fingerprint density at radius 3 is 2.55 bits per heavy atom. The first-order valence-electron chi connectivity index (χ1n) is 6.57. The van der Waals surface area contributed by atoms with Crippen molar-refractivity contribution in [3.8, 4) is 0 Å². The smallest absolute Gasteiger partial charge is 0.0641 e. The van der Waals surface area contributed by atoms with Gasteiger partial charge in [0.15, 0.2) is 0 Å². The van der Waals surface area contributed by atoms with E-state index in [1.807, 2.05) is 30.8 Å². The van der Waals surface area contributed by atoms with Crippen molar-refractivity contribution in [2.45, 2.75) is 33.4 Å². The molecule has 1 aromatic heterocycles. The minimum absolute atomic E-state index is 0.152. The Bertz CT molecular complexity index is 620. The van der Waals surface area contributed by atoms with E-state index in [0.717, 1.165) is 17.8 Å². The number of aryl methyl sites for hydroxylation is 2. The molecule has 0 spiro atoms. The maximum absolute atomic E-state index is 6.23. The van der Waals surface area contributed by atoms with Crippen LogP contribution >= 0.6 is 23.2 Å². The summed E-state index contributed by atoms with van der Waals surface area (Å²) in [7, 11) is 1.96. The number of hydrogen-bond acceptors (Lipinski definition) is 2. The second kappa shape index (κ2) is 6.17. The van der Waals surface area contributed by atoms with Crippen LogP contribution in [0.25, 0.3) is 0 Å². The van der Waals surface area contributed by atoms with E-state index < -0.39 is 0 Å². The molecule has 0 aliphatic heterocycles. The second-order valence-corrected chi connectivity index (χ2v) is 5.89.